The quantitative estimate of drug-likeness (QED) is 0.345. The van der Waals surface area contributed by atoms with Crippen LogP contribution in [0.4, 0.5) is 0 Å². The first-order valence-electron chi connectivity index (χ1n) is 4.36. The summed E-state index contributed by atoms with van der Waals surface area (Å²) in [7, 11) is 0. The van der Waals surface area contributed by atoms with Crippen molar-refractivity contribution < 1.29 is 0 Å². The van der Waals surface area contributed by atoms with Gasteiger partial charge in [-0.15, -0.1) is 0 Å². The normalized spacial score (nSPS) is 33.2. The fourth-order valence-electron chi connectivity index (χ4n) is 1.24. The van der Waals surface area contributed by atoms with Crippen LogP contribution < -0.4 is 10.3 Å². The van der Waals surface area contributed by atoms with Crippen LogP contribution in [-0.2, 0) is 0 Å². The molecule has 2 atom stereocenters. The largest absolute Gasteiger partial charge is 0.204 e. The van der Waals surface area contributed by atoms with Crippen LogP contribution in [-0.4, -0.2) is 15.4 Å². The van der Waals surface area contributed by atoms with Crippen molar-refractivity contribution >= 4 is 35.3 Å². The molecule has 2 unspecified atom stereocenters. The van der Waals surface area contributed by atoms with Gasteiger partial charge in [-0.2, -0.15) is 4.83 Å². The number of nitrogens with zero attached hydrogens (tertiary/aromatic N) is 1. The van der Waals surface area contributed by atoms with Gasteiger partial charge in [-0.05, 0) is 12.3 Å². The molecule has 0 radical (unpaired) electrons. The minimum atomic E-state index is -0.410. The summed E-state index contributed by atoms with van der Waals surface area (Å²) in [5, 5.41) is 0. The number of halogens is 2. The lowest BCUT2D eigenvalue weighted by molar-refractivity contribution is 0.212. The van der Waals surface area contributed by atoms with E-state index in [1.807, 2.05) is 0 Å². The van der Waals surface area contributed by atoms with Gasteiger partial charge in [-0.25, -0.2) is 5.43 Å². The molecular weight excluding hydrogens is 229 g/mol. The number of hydrogen-bond donors (Lipinski definition) is 2. The van der Waals surface area contributed by atoms with E-state index in [-0.39, 0.29) is 0 Å². The Morgan fingerprint density at radius 1 is 1.69 bits per heavy atom. The number of hydrazine groups is 2. The molecule has 6 heteroatoms. The topological polar surface area (TPSA) is 27.3 Å². The van der Waals surface area contributed by atoms with E-state index in [9.17, 15) is 0 Å². The van der Waals surface area contributed by atoms with Crippen LogP contribution in [0.2, 0.25) is 0 Å². The second-order valence-corrected chi connectivity index (χ2v) is 5.28. The number of alkyl halides is 1. The van der Waals surface area contributed by atoms with E-state index >= 15 is 0 Å². The van der Waals surface area contributed by atoms with Gasteiger partial charge in [-0.3, -0.25) is 0 Å². The molecule has 0 aromatic heterocycles. The van der Waals surface area contributed by atoms with Crippen molar-refractivity contribution in [2.45, 2.75) is 31.7 Å². The first kappa shape index (κ1) is 11.9. The maximum Gasteiger partial charge on any atom is 0.119 e. The maximum absolute atomic E-state index is 6.35. The van der Waals surface area contributed by atoms with Crippen molar-refractivity contribution in [3.05, 3.63) is 0 Å². The lowest BCUT2D eigenvalue weighted by Crippen LogP contribution is -2.57. The predicted molar refractivity (Wildman–Crippen MR) is 59.1 cm³/mol. The number of rotatable bonds is 3. The van der Waals surface area contributed by atoms with Crippen LogP contribution in [0.3, 0.4) is 0 Å². The van der Waals surface area contributed by atoms with Crippen molar-refractivity contribution in [2.24, 2.45) is 5.92 Å². The van der Waals surface area contributed by atoms with E-state index in [0.717, 1.165) is 18.6 Å². The van der Waals surface area contributed by atoms with Gasteiger partial charge in [0.05, 0.1) is 0 Å². The Morgan fingerprint density at radius 2 is 2.38 bits per heavy atom. The monoisotopic (exact) mass is 243 g/mol. The molecule has 0 saturated carbocycles. The highest BCUT2D eigenvalue weighted by molar-refractivity contribution is 7.97. The van der Waals surface area contributed by atoms with Gasteiger partial charge in [0.15, 0.2) is 0 Å². The van der Waals surface area contributed by atoms with Gasteiger partial charge in [-0.1, -0.05) is 48.5 Å². The Bertz CT molecular complexity index is 172. The molecule has 1 aliphatic heterocycles. The molecule has 3 nitrogen and oxygen atoms in total. The van der Waals surface area contributed by atoms with Gasteiger partial charge in [0.2, 0.25) is 0 Å². The summed E-state index contributed by atoms with van der Waals surface area (Å²) < 4.78 is 1.30. The van der Waals surface area contributed by atoms with Gasteiger partial charge < -0.3 is 0 Å². The summed E-state index contributed by atoms with van der Waals surface area (Å²) in [5.41, 5.74) is 2.99. The van der Waals surface area contributed by atoms with Crippen LogP contribution in [0.1, 0.15) is 26.7 Å². The average molecular weight is 244 g/mol. The van der Waals surface area contributed by atoms with E-state index < -0.39 is 5.00 Å². The zero-order valence-electron chi connectivity index (χ0n) is 7.81. The minimum absolute atomic E-state index is 0.410. The Balaban J connectivity index is 2.44. The Labute approximate surface area is 93.7 Å². The smallest absolute Gasteiger partial charge is 0.119 e. The fourth-order valence-corrected chi connectivity index (χ4v) is 2.73. The van der Waals surface area contributed by atoms with Gasteiger partial charge in [0.25, 0.3) is 0 Å². The molecule has 0 aromatic carbocycles. The van der Waals surface area contributed by atoms with Gasteiger partial charge in [0, 0.05) is 17.5 Å². The number of hydrogen-bond acceptors (Lipinski definition) is 4. The van der Waals surface area contributed by atoms with E-state index in [1.54, 1.807) is 0 Å². The third-order valence-corrected chi connectivity index (χ3v) is 3.86. The highest BCUT2D eigenvalue weighted by atomic mass is 35.5. The molecular formula is C7H15Cl2N3S. The Kier molecular flexibility index (Phi) is 4.62. The molecule has 1 heterocycles. The molecule has 13 heavy (non-hydrogen) atoms. The van der Waals surface area contributed by atoms with Gasteiger partial charge >= 0.3 is 0 Å². The van der Waals surface area contributed by atoms with Crippen molar-refractivity contribution in [1.82, 2.24) is 14.9 Å². The summed E-state index contributed by atoms with van der Waals surface area (Å²) in [4.78, 5) is 2.44. The van der Waals surface area contributed by atoms with Crippen LogP contribution in [0.15, 0.2) is 0 Å². The van der Waals surface area contributed by atoms with Crippen LogP contribution in [0.25, 0.3) is 0 Å². The molecule has 0 amide bonds. The minimum Gasteiger partial charge on any atom is -0.204 e. The second-order valence-electron chi connectivity index (χ2n) is 3.46. The first-order chi connectivity index (χ1) is 6.06. The highest BCUT2D eigenvalue weighted by Crippen LogP contribution is 2.29. The van der Waals surface area contributed by atoms with E-state index in [0.29, 0.717) is 5.92 Å². The summed E-state index contributed by atoms with van der Waals surface area (Å²) in [5.74, 6) is 1.41. The zero-order chi connectivity index (χ0) is 9.90. The standard InChI is InChI=1S/C7H15Cl2N3S/c1-3-6(2)4-7(8)5-13-11-12(9)10-7/h6,10-11H,3-5H2,1-2H3. The molecule has 0 aromatic rings. The Morgan fingerprint density at radius 3 is 2.92 bits per heavy atom. The van der Waals surface area contributed by atoms with Crippen LogP contribution in [0, 0.1) is 5.92 Å². The average Bonchev–Trinajstić information content (AvgIpc) is 2.02. The molecule has 1 saturated heterocycles. The van der Waals surface area contributed by atoms with E-state index in [2.05, 4.69) is 24.1 Å². The summed E-state index contributed by atoms with van der Waals surface area (Å²) in [6, 6.07) is 0. The molecule has 0 aliphatic carbocycles. The zero-order valence-corrected chi connectivity index (χ0v) is 10.1. The second kappa shape index (κ2) is 5.05. The molecule has 1 fully saturated rings. The third kappa shape index (κ3) is 3.81. The molecule has 1 rings (SSSR count). The van der Waals surface area contributed by atoms with Crippen molar-refractivity contribution in [3.63, 3.8) is 0 Å². The summed E-state index contributed by atoms with van der Waals surface area (Å²) in [6.45, 7) is 4.36. The predicted octanol–water partition coefficient (Wildman–Crippen LogP) is 2.48. The lowest BCUT2D eigenvalue weighted by Gasteiger charge is -2.37. The lowest BCUT2D eigenvalue weighted by atomic mass is 10.0. The van der Waals surface area contributed by atoms with Gasteiger partial charge in [0.1, 0.15) is 5.00 Å². The molecule has 0 spiro atoms. The molecule has 1 aliphatic rings. The SMILES string of the molecule is CCC(C)CC1(Cl)CSNN(Cl)N1. The highest BCUT2D eigenvalue weighted by Gasteiger charge is 2.34. The third-order valence-electron chi connectivity index (χ3n) is 2.11. The van der Waals surface area contributed by atoms with E-state index in [4.69, 9.17) is 23.4 Å². The van der Waals surface area contributed by atoms with E-state index in [1.165, 1.54) is 16.6 Å². The van der Waals surface area contributed by atoms with Crippen LogP contribution in [0.5, 0.6) is 0 Å². The molecule has 0 bridgehead atoms. The van der Waals surface area contributed by atoms with Crippen molar-refractivity contribution in [1.29, 1.82) is 0 Å². The van der Waals surface area contributed by atoms with Crippen LogP contribution >= 0.6 is 35.3 Å². The van der Waals surface area contributed by atoms with Crippen molar-refractivity contribution in [3.8, 4) is 0 Å². The summed E-state index contributed by atoms with van der Waals surface area (Å²) in [6.07, 6.45) is 2.06. The first-order valence-corrected chi connectivity index (χ1v) is 6.06. The molecule has 78 valence electrons. The summed E-state index contributed by atoms with van der Waals surface area (Å²) >= 11 is 13.6. The molecule has 2 N–H and O–H groups in total. The maximum atomic E-state index is 6.35. The Hall–Kier alpha value is 0.810. The number of nitrogens with one attached hydrogen (secondary N) is 2. The fraction of sp³-hybridized carbons (Fsp3) is 1.00. The van der Waals surface area contributed by atoms with Crippen molar-refractivity contribution in [2.75, 3.05) is 5.75 Å².